The highest BCUT2D eigenvalue weighted by atomic mass is 79.9. The first-order chi connectivity index (χ1) is 7.22. The minimum absolute atomic E-state index is 0.303. The van der Waals surface area contributed by atoms with E-state index in [0.29, 0.717) is 13.2 Å². The fourth-order valence-electron chi connectivity index (χ4n) is 1.22. The molecule has 0 saturated heterocycles. The lowest BCUT2D eigenvalue weighted by atomic mass is 10.2. The van der Waals surface area contributed by atoms with Gasteiger partial charge in [-0.1, -0.05) is 0 Å². The Morgan fingerprint density at radius 2 is 2.07 bits per heavy atom. The van der Waals surface area contributed by atoms with E-state index in [4.69, 9.17) is 15.4 Å². The maximum absolute atomic E-state index is 5.45. The molecule has 0 heterocycles. The molecule has 0 amide bonds. The number of methoxy groups -OCH3 is 1. The van der Waals surface area contributed by atoms with Gasteiger partial charge in [-0.25, -0.2) is 5.90 Å². The number of halogens is 1. The second kappa shape index (κ2) is 5.95. The third kappa shape index (κ3) is 3.09. The predicted molar refractivity (Wildman–Crippen MR) is 60.8 cm³/mol. The lowest BCUT2D eigenvalue weighted by Gasteiger charge is -2.12. The molecule has 1 aromatic rings. The summed E-state index contributed by atoms with van der Waals surface area (Å²) >= 11 is 3.39. The molecular weight excluding hydrogens is 262 g/mol. The van der Waals surface area contributed by atoms with Gasteiger partial charge in [-0.3, -0.25) is 4.84 Å². The molecule has 1 rings (SSSR count). The average molecular weight is 276 g/mol. The summed E-state index contributed by atoms with van der Waals surface area (Å²) in [5.41, 5.74) is 0.882. The van der Waals surface area contributed by atoms with Gasteiger partial charge in [0.25, 0.3) is 0 Å². The van der Waals surface area contributed by atoms with E-state index in [9.17, 15) is 0 Å². The van der Waals surface area contributed by atoms with E-state index in [2.05, 4.69) is 20.8 Å². The first kappa shape index (κ1) is 12.3. The summed E-state index contributed by atoms with van der Waals surface area (Å²) in [4.78, 5) is 4.60. The van der Waals surface area contributed by atoms with Crippen LogP contribution in [0.4, 0.5) is 0 Å². The van der Waals surface area contributed by atoms with Crippen molar-refractivity contribution in [2.24, 2.45) is 5.90 Å². The van der Waals surface area contributed by atoms with Crippen LogP contribution in [0, 0.1) is 0 Å². The highest BCUT2D eigenvalue weighted by molar-refractivity contribution is 9.10. The van der Waals surface area contributed by atoms with Crippen molar-refractivity contribution in [3.8, 4) is 11.5 Å². The second-order valence-corrected chi connectivity index (χ2v) is 3.69. The number of ether oxygens (including phenoxy) is 2. The van der Waals surface area contributed by atoms with Gasteiger partial charge in [0.15, 0.2) is 0 Å². The smallest absolute Gasteiger partial charge is 0.136 e. The van der Waals surface area contributed by atoms with Crippen LogP contribution in [-0.2, 0) is 11.4 Å². The van der Waals surface area contributed by atoms with Gasteiger partial charge in [0.1, 0.15) is 11.5 Å². The molecule has 0 bridgehead atoms. The summed E-state index contributed by atoms with van der Waals surface area (Å²) in [6, 6.07) is 3.68. The van der Waals surface area contributed by atoms with E-state index in [1.54, 1.807) is 7.11 Å². The maximum Gasteiger partial charge on any atom is 0.136 e. The topological polar surface area (TPSA) is 53.7 Å². The van der Waals surface area contributed by atoms with Crippen molar-refractivity contribution in [3.05, 3.63) is 22.2 Å². The first-order valence-electron chi connectivity index (χ1n) is 4.53. The molecule has 0 unspecified atom stereocenters. The monoisotopic (exact) mass is 275 g/mol. The zero-order chi connectivity index (χ0) is 11.3. The summed E-state index contributed by atoms with van der Waals surface area (Å²) in [7, 11) is 1.61. The quantitative estimate of drug-likeness (QED) is 0.838. The highest BCUT2D eigenvalue weighted by Gasteiger charge is 2.09. The SMILES string of the molecule is CCOc1cc(OC)c(Br)cc1CON. The molecule has 15 heavy (non-hydrogen) atoms. The molecule has 2 N–H and O–H groups in total. The Kier molecular flexibility index (Phi) is 4.87. The van der Waals surface area contributed by atoms with Crippen LogP contribution in [-0.4, -0.2) is 13.7 Å². The van der Waals surface area contributed by atoms with Crippen LogP contribution in [0.1, 0.15) is 12.5 Å². The van der Waals surface area contributed by atoms with Crippen LogP contribution < -0.4 is 15.4 Å². The van der Waals surface area contributed by atoms with E-state index in [1.165, 1.54) is 0 Å². The van der Waals surface area contributed by atoms with Crippen molar-refractivity contribution in [2.45, 2.75) is 13.5 Å². The van der Waals surface area contributed by atoms with E-state index in [0.717, 1.165) is 21.5 Å². The van der Waals surface area contributed by atoms with Gasteiger partial charge in [-0.2, -0.15) is 0 Å². The maximum atomic E-state index is 5.45. The van der Waals surface area contributed by atoms with Gasteiger partial charge < -0.3 is 9.47 Å². The molecule has 0 aliphatic rings. The number of hydrogen-bond donors (Lipinski definition) is 1. The Morgan fingerprint density at radius 1 is 1.33 bits per heavy atom. The van der Waals surface area contributed by atoms with Crippen LogP contribution in [0.3, 0.4) is 0 Å². The van der Waals surface area contributed by atoms with Crippen molar-refractivity contribution in [2.75, 3.05) is 13.7 Å². The molecule has 84 valence electrons. The molecule has 0 atom stereocenters. The molecule has 5 heteroatoms. The van der Waals surface area contributed by atoms with E-state index < -0.39 is 0 Å². The Labute approximate surface area is 97.4 Å². The second-order valence-electron chi connectivity index (χ2n) is 2.84. The lowest BCUT2D eigenvalue weighted by molar-refractivity contribution is 0.121. The van der Waals surface area contributed by atoms with E-state index in [-0.39, 0.29) is 0 Å². The molecule has 0 radical (unpaired) electrons. The Morgan fingerprint density at radius 3 is 2.60 bits per heavy atom. The number of hydrogen-bond acceptors (Lipinski definition) is 4. The van der Waals surface area contributed by atoms with Crippen LogP contribution in [0.15, 0.2) is 16.6 Å². The number of benzene rings is 1. The van der Waals surface area contributed by atoms with Crippen LogP contribution in [0.2, 0.25) is 0 Å². The molecule has 0 aliphatic heterocycles. The van der Waals surface area contributed by atoms with Gasteiger partial charge in [0, 0.05) is 11.6 Å². The predicted octanol–water partition coefficient (Wildman–Crippen LogP) is 2.25. The molecule has 0 fully saturated rings. The van der Waals surface area contributed by atoms with Gasteiger partial charge in [0.05, 0.1) is 24.8 Å². The number of rotatable bonds is 5. The minimum atomic E-state index is 0.303. The molecule has 0 aromatic heterocycles. The van der Waals surface area contributed by atoms with Crippen molar-refractivity contribution in [3.63, 3.8) is 0 Å². The first-order valence-corrected chi connectivity index (χ1v) is 5.33. The van der Waals surface area contributed by atoms with E-state index in [1.807, 2.05) is 19.1 Å². The summed E-state index contributed by atoms with van der Waals surface area (Å²) < 4.78 is 11.5. The largest absolute Gasteiger partial charge is 0.495 e. The fraction of sp³-hybridized carbons (Fsp3) is 0.400. The molecule has 0 aliphatic carbocycles. The summed E-state index contributed by atoms with van der Waals surface area (Å²) in [5, 5.41) is 0. The highest BCUT2D eigenvalue weighted by Crippen LogP contribution is 2.33. The third-order valence-electron chi connectivity index (χ3n) is 1.87. The van der Waals surface area contributed by atoms with Crippen molar-refractivity contribution < 1.29 is 14.3 Å². The molecule has 4 nitrogen and oxygen atoms in total. The Balaban J connectivity index is 3.07. The molecule has 0 spiro atoms. The molecule has 0 saturated carbocycles. The molecular formula is C10H14BrNO3. The van der Waals surface area contributed by atoms with Crippen LogP contribution in [0.5, 0.6) is 11.5 Å². The van der Waals surface area contributed by atoms with Gasteiger partial charge >= 0.3 is 0 Å². The fourth-order valence-corrected chi connectivity index (χ4v) is 1.78. The minimum Gasteiger partial charge on any atom is -0.495 e. The van der Waals surface area contributed by atoms with Gasteiger partial charge in [0.2, 0.25) is 0 Å². The van der Waals surface area contributed by atoms with Crippen molar-refractivity contribution in [1.29, 1.82) is 0 Å². The Bertz CT molecular complexity index is 331. The third-order valence-corrected chi connectivity index (χ3v) is 2.49. The zero-order valence-corrected chi connectivity index (χ0v) is 10.3. The summed E-state index contributed by atoms with van der Waals surface area (Å²) in [6.45, 7) is 2.81. The van der Waals surface area contributed by atoms with Gasteiger partial charge in [-0.15, -0.1) is 0 Å². The van der Waals surface area contributed by atoms with Crippen molar-refractivity contribution >= 4 is 15.9 Å². The summed E-state index contributed by atoms with van der Waals surface area (Å²) in [5.74, 6) is 6.49. The van der Waals surface area contributed by atoms with E-state index >= 15 is 0 Å². The van der Waals surface area contributed by atoms with Crippen molar-refractivity contribution in [1.82, 2.24) is 0 Å². The lowest BCUT2D eigenvalue weighted by Crippen LogP contribution is -2.03. The normalized spacial score (nSPS) is 10.1. The van der Waals surface area contributed by atoms with Gasteiger partial charge in [-0.05, 0) is 28.9 Å². The average Bonchev–Trinajstić information content (AvgIpc) is 2.22. The zero-order valence-electron chi connectivity index (χ0n) is 8.75. The van der Waals surface area contributed by atoms with Crippen LogP contribution >= 0.6 is 15.9 Å². The number of nitrogens with two attached hydrogens (primary N) is 1. The standard InChI is InChI=1S/C10H14BrNO3/c1-3-14-9-5-10(13-2)8(11)4-7(9)6-15-12/h4-5H,3,6,12H2,1-2H3. The van der Waals surface area contributed by atoms with Crippen LogP contribution in [0.25, 0.3) is 0 Å². The summed E-state index contributed by atoms with van der Waals surface area (Å²) in [6.07, 6.45) is 0. The Hall–Kier alpha value is -0.780. The molecule has 1 aromatic carbocycles.